The van der Waals surface area contributed by atoms with Crippen molar-refractivity contribution in [2.24, 2.45) is 0 Å². The van der Waals surface area contributed by atoms with Crippen LogP contribution in [0.1, 0.15) is 18.4 Å². The number of hydrogen-bond donors (Lipinski definition) is 2. The second kappa shape index (κ2) is 7.85. The number of ether oxygens (including phenoxy) is 1. The molecule has 2 N–H and O–H groups in total. The Kier molecular flexibility index (Phi) is 6.06. The number of aliphatic hydroxyl groups is 1. The lowest BCUT2D eigenvalue weighted by atomic mass is 10.2. The molecule has 1 fully saturated rings. The molecule has 1 aromatic rings. The second-order valence-corrected chi connectivity index (χ2v) is 5.85. The SMILES string of the molecule is CN(CC(O)COc1ccc(C(F)(F)F)cc1)C(=O)C1CCCN1. The van der Waals surface area contributed by atoms with E-state index in [-0.39, 0.29) is 30.9 Å². The first kappa shape index (κ1) is 18.5. The number of amides is 1. The third-order valence-corrected chi connectivity index (χ3v) is 3.84. The van der Waals surface area contributed by atoms with Crippen molar-refractivity contribution in [3.8, 4) is 5.75 Å². The Balaban J connectivity index is 1.78. The maximum Gasteiger partial charge on any atom is 0.416 e. The Bertz CT molecular complexity index is 542. The zero-order chi connectivity index (χ0) is 17.7. The van der Waals surface area contributed by atoms with Gasteiger partial charge in [0, 0.05) is 13.6 Å². The van der Waals surface area contributed by atoms with Gasteiger partial charge in [-0.1, -0.05) is 0 Å². The minimum Gasteiger partial charge on any atom is -0.491 e. The highest BCUT2D eigenvalue weighted by Crippen LogP contribution is 2.30. The van der Waals surface area contributed by atoms with E-state index in [0.717, 1.165) is 31.5 Å². The molecule has 1 heterocycles. The number of alkyl halides is 3. The van der Waals surface area contributed by atoms with Crippen LogP contribution in [0.2, 0.25) is 0 Å². The molecule has 0 saturated carbocycles. The summed E-state index contributed by atoms with van der Waals surface area (Å²) in [6.07, 6.45) is -3.59. The Labute approximate surface area is 138 Å². The minimum atomic E-state index is -4.39. The van der Waals surface area contributed by atoms with E-state index >= 15 is 0 Å². The number of likely N-dealkylation sites (N-methyl/N-ethyl adjacent to an activating group) is 1. The molecule has 1 aromatic carbocycles. The van der Waals surface area contributed by atoms with Crippen molar-refractivity contribution in [2.45, 2.75) is 31.2 Å². The minimum absolute atomic E-state index is 0.0823. The van der Waals surface area contributed by atoms with Crippen LogP contribution in [0.5, 0.6) is 5.75 Å². The molecule has 5 nitrogen and oxygen atoms in total. The molecule has 0 aliphatic carbocycles. The summed E-state index contributed by atoms with van der Waals surface area (Å²) >= 11 is 0. The van der Waals surface area contributed by atoms with Gasteiger partial charge in [-0.15, -0.1) is 0 Å². The molecule has 24 heavy (non-hydrogen) atoms. The molecule has 1 aliphatic rings. The Morgan fingerprint density at radius 2 is 2.08 bits per heavy atom. The predicted molar refractivity (Wildman–Crippen MR) is 81.6 cm³/mol. The molecular weight excluding hydrogens is 325 g/mol. The molecular formula is C16H21F3N2O3. The average Bonchev–Trinajstić information content (AvgIpc) is 3.06. The quantitative estimate of drug-likeness (QED) is 0.822. The summed E-state index contributed by atoms with van der Waals surface area (Å²) in [6.45, 7) is 0.794. The third-order valence-electron chi connectivity index (χ3n) is 3.84. The summed E-state index contributed by atoms with van der Waals surface area (Å²) < 4.78 is 42.6. The number of aliphatic hydroxyl groups excluding tert-OH is 1. The molecule has 0 aromatic heterocycles. The highest BCUT2D eigenvalue weighted by molar-refractivity contribution is 5.81. The average molecular weight is 346 g/mol. The van der Waals surface area contributed by atoms with Gasteiger partial charge in [0.05, 0.1) is 11.6 Å². The van der Waals surface area contributed by atoms with Gasteiger partial charge in [-0.2, -0.15) is 13.2 Å². The van der Waals surface area contributed by atoms with Crippen molar-refractivity contribution in [2.75, 3.05) is 26.7 Å². The zero-order valence-electron chi connectivity index (χ0n) is 13.3. The smallest absolute Gasteiger partial charge is 0.416 e. The van der Waals surface area contributed by atoms with Crippen LogP contribution in [0.15, 0.2) is 24.3 Å². The molecule has 8 heteroatoms. The van der Waals surface area contributed by atoms with Crippen LogP contribution in [-0.2, 0) is 11.0 Å². The van der Waals surface area contributed by atoms with E-state index in [0.29, 0.717) is 0 Å². The van der Waals surface area contributed by atoms with E-state index in [1.165, 1.54) is 17.0 Å². The Morgan fingerprint density at radius 3 is 2.62 bits per heavy atom. The number of hydrogen-bond acceptors (Lipinski definition) is 4. The van der Waals surface area contributed by atoms with Crippen LogP contribution in [0.3, 0.4) is 0 Å². The highest BCUT2D eigenvalue weighted by Gasteiger charge is 2.30. The summed E-state index contributed by atoms with van der Waals surface area (Å²) in [5.41, 5.74) is -0.759. The van der Waals surface area contributed by atoms with Gasteiger partial charge in [-0.25, -0.2) is 0 Å². The first-order valence-electron chi connectivity index (χ1n) is 7.74. The van der Waals surface area contributed by atoms with E-state index in [4.69, 9.17) is 4.74 Å². The van der Waals surface area contributed by atoms with Gasteiger partial charge in [0.25, 0.3) is 0 Å². The van der Waals surface area contributed by atoms with E-state index in [1.807, 2.05) is 0 Å². The number of nitrogens with zero attached hydrogens (tertiary/aromatic N) is 1. The van der Waals surface area contributed by atoms with Gasteiger partial charge >= 0.3 is 6.18 Å². The number of benzene rings is 1. The van der Waals surface area contributed by atoms with Crippen LogP contribution in [-0.4, -0.2) is 54.8 Å². The number of carbonyl (C=O) groups is 1. The van der Waals surface area contributed by atoms with Crippen LogP contribution >= 0.6 is 0 Å². The summed E-state index contributed by atoms with van der Waals surface area (Å²) in [4.78, 5) is 13.5. The fourth-order valence-corrected chi connectivity index (χ4v) is 2.55. The number of nitrogens with one attached hydrogen (secondary N) is 1. The normalized spacial score (nSPS) is 19.1. The van der Waals surface area contributed by atoms with Crippen molar-refractivity contribution in [3.63, 3.8) is 0 Å². The van der Waals surface area contributed by atoms with Crippen molar-refractivity contribution < 1.29 is 27.8 Å². The molecule has 2 atom stereocenters. The Morgan fingerprint density at radius 1 is 1.42 bits per heavy atom. The summed E-state index contributed by atoms with van der Waals surface area (Å²) in [5.74, 6) is 0.148. The lowest BCUT2D eigenvalue weighted by molar-refractivity contribution is -0.137. The van der Waals surface area contributed by atoms with E-state index in [2.05, 4.69) is 5.32 Å². The molecule has 0 radical (unpaired) electrons. The predicted octanol–water partition coefficient (Wildman–Crippen LogP) is 1.66. The number of carbonyl (C=O) groups excluding carboxylic acids is 1. The first-order valence-corrected chi connectivity index (χ1v) is 7.74. The molecule has 1 amide bonds. The summed E-state index contributed by atoms with van der Waals surface area (Å²) in [6, 6.07) is 4.03. The molecule has 1 saturated heterocycles. The van der Waals surface area contributed by atoms with Crippen molar-refractivity contribution in [3.05, 3.63) is 29.8 Å². The molecule has 2 rings (SSSR count). The van der Waals surface area contributed by atoms with Gasteiger partial charge in [0.15, 0.2) is 0 Å². The van der Waals surface area contributed by atoms with Crippen molar-refractivity contribution in [1.82, 2.24) is 10.2 Å². The lowest BCUT2D eigenvalue weighted by Crippen LogP contribution is -2.45. The van der Waals surface area contributed by atoms with Gasteiger partial charge < -0.3 is 20.1 Å². The lowest BCUT2D eigenvalue weighted by Gasteiger charge is -2.24. The zero-order valence-corrected chi connectivity index (χ0v) is 13.3. The summed E-state index contributed by atoms with van der Waals surface area (Å²) in [7, 11) is 1.60. The van der Waals surface area contributed by atoms with E-state index < -0.39 is 17.8 Å². The van der Waals surface area contributed by atoms with Crippen molar-refractivity contribution in [1.29, 1.82) is 0 Å². The standard InChI is InChI=1S/C16H21F3N2O3/c1-21(15(23)14-3-2-8-20-14)9-12(22)10-24-13-6-4-11(5-7-13)16(17,18)19/h4-7,12,14,20,22H,2-3,8-10H2,1H3. The largest absolute Gasteiger partial charge is 0.491 e. The second-order valence-electron chi connectivity index (χ2n) is 5.85. The fourth-order valence-electron chi connectivity index (χ4n) is 2.55. The topological polar surface area (TPSA) is 61.8 Å². The molecule has 134 valence electrons. The molecule has 2 unspecified atom stereocenters. The van der Waals surface area contributed by atoms with E-state index in [9.17, 15) is 23.1 Å². The fraction of sp³-hybridized carbons (Fsp3) is 0.562. The van der Waals surface area contributed by atoms with Crippen LogP contribution in [0.4, 0.5) is 13.2 Å². The van der Waals surface area contributed by atoms with Gasteiger partial charge in [-0.05, 0) is 43.7 Å². The third kappa shape index (κ3) is 5.10. The van der Waals surface area contributed by atoms with Crippen LogP contribution in [0, 0.1) is 0 Å². The van der Waals surface area contributed by atoms with E-state index in [1.54, 1.807) is 7.05 Å². The highest BCUT2D eigenvalue weighted by atomic mass is 19.4. The monoisotopic (exact) mass is 346 g/mol. The van der Waals surface area contributed by atoms with Gasteiger partial charge in [0.2, 0.25) is 5.91 Å². The number of halogens is 3. The molecule has 0 spiro atoms. The Hall–Kier alpha value is -1.80. The van der Waals surface area contributed by atoms with Crippen LogP contribution < -0.4 is 10.1 Å². The van der Waals surface area contributed by atoms with Gasteiger partial charge in [0.1, 0.15) is 18.5 Å². The maximum atomic E-state index is 12.5. The van der Waals surface area contributed by atoms with Crippen molar-refractivity contribution >= 4 is 5.91 Å². The number of rotatable bonds is 6. The first-order chi connectivity index (χ1) is 11.3. The van der Waals surface area contributed by atoms with Crippen LogP contribution in [0.25, 0.3) is 0 Å². The molecule has 0 bridgehead atoms. The maximum absolute atomic E-state index is 12.5. The molecule has 1 aliphatic heterocycles. The van der Waals surface area contributed by atoms with Gasteiger partial charge in [-0.3, -0.25) is 4.79 Å². The summed E-state index contributed by atoms with van der Waals surface area (Å²) in [5, 5.41) is 13.0.